The summed E-state index contributed by atoms with van der Waals surface area (Å²) in [6.45, 7) is 5.80. The van der Waals surface area contributed by atoms with Gasteiger partial charge in [0.15, 0.2) is 0 Å². The van der Waals surface area contributed by atoms with E-state index in [4.69, 9.17) is 4.74 Å². The number of Topliss-reactive ketones (excluding diaryl/α,β-unsaturated/α-hetero) is 1. The number of ketones is 1. The zero-order valence-corrected chi connectivity index (χ0v) is 14.4. The number of aryl methyl sites for hydroxylation is 1. The van der Waals surface area contributed by atoms with Crippen LogP contribution in [0.2, 0.25) is 0 Å². The maximum absolute atomic E-state index is 12.2. The van der Waals surface area contributed by atoms with Crippen molar-refractivity contribution in [2.45, 2.75) is 46.1 Å². The van der Waals surface area contributed by atoms with Crippen molar-refractivity contribution in [3.8, 4) is 0 Å². The lowest BCUT2D eigenvalue weighted by Gasteiger charge is -2.39. The molecule has 1 aromatic rings. The van der Waals surface area contributed by atoms with Crippen molar-refractivity contribution in [1.29, 1.82) is 0 Å². The highest BCUT2D eigenvalue weighted by atomic mass is 16.5. The number of pyridine rings is 1. The second-order valence-corrected chi connectivity index (χ2v) is 7.01. The lowest BCUT2D eigenvalue weighted by molar-refractivity contribution is -0.165. The van der Waals surface area contributed by atoms with Gasteiger partial charge in [-0.1, -0.05) is 26.8 Å². The summed E-state index contributed by atoms with van der Waals surface area (Å²) in [5.74, 6) is -1.50. The molecule has 0 aromatic carbocycles. The maximum Gasteiger partial charge on any atom is 0.328 e. The van der Waals surface area contributed by atoms with Crippen LogP contribution in [0.4, 0.5) is 0 Å². The van der Waals surface area contributed by atoms with Crippen molar-refractivity contribution in [2.24, 2.45) is 5.41 Å². The van der Waals surface area contributed by atoms with E-state index in [-0.39, 0.29) is 0 Å². The molecule has 2 heterocycles. The van der Waals surface area contributed by atoms with Gasteiger partial charge in [-0.25, -0.2) is 4.79 Å². The summed E-state index contributed by atoms with van der Waals surface area (Å²) >= 11 is 0. The molecule has 6 heteroatoms. The first-order valence-corrected chi connectivity index (χ1v) is 8.21. The fraction of sp³-hybridized carbons (Fsp3) is 0.556. The highest BCUT2D eigenvalue weighted by Gasteiger charge is 2.43. The molecule has 1 amide bonds. The SMILES string of the molecule is CC(C)(C)C(=O)C(=O)N1CC[C@H]1C(=O)OCCCc1cccnc1. The molecule has 1 atom stereocenters. The van der Waals surface area contributed by atoms with E-state index in [1.807, 2.05) is 12.1 Å². The van der Waals surface area contributed by atoms with E-state index < -0.39 is 29.1 Å². The van der Waals surface area contributed by atoms with Crippen LogP contribution in [0.5, 0.6) is 0 Å². The number of rotatable bonds is 6. The van der Waals surface area contributed by atoms with Gasteiger partial charge in [0, 0.05) is 24.4 Å². The van der Waals surface area contributed by atoms with E-state index in [1.165, 1.54) is 4.90 Å². The van der Waals surface area contributed by atoms with Gasteiger partial charge in [-0.05, 0) is 30.9 Å². The fourth-order valence-electron chi connectivity index (χ4n) is 2.42. The molecular formula is C18H24N2O4. The lowest BCUT2D eigenvalue weighted by Crippen LogP contribution is -2.58. The van der Waals surface area contributed by atoms with Gasteiger partial charge in [-0.15, -0.1) is 0 Å². The Labute approximate surface area is 142 Å². The van der Waals surface area contributed by atoms with Crippen LogP contribution in [-0.4, -0.2) is 46.7 Å². The molecule has 0 unspecified atom stereocenters. The normalized spacial score (nSPS) is 17.1. The molecule has 1 aliphatic heterocycles. The van der Waals surface area contributed by atoms with E-state index in [1.54, 1.807) is 33.2 Å². The summed E-state index contributed by atoms with van der Waals surface area (Å²) in [7, 11) is 0. The number of nitrogens with zero attached hydrogens (tertiary/aromatic N) is 2. The van der Waals surface area contributed by atoms with E-state index in [2.05, 4.69) is 4.98 Å². The third-order valence-electron chi connectivity index (χ3n) is 4.00. The van der Waals surface area contributed by atoms with Crippen LogP contribution in [-0.2, 0) is 25.5 Å². The Hall–Kier alpha value is -2.24. The molecule has 0 saturated carbocycles. The zero-order chi connectivity index (χ0) is 17.7. The molecule has 1 aromatic heterocycles. The summed E-state index contributed by atoms with van der Waals surface area (Å²) < 4.78 is 5.25. The molecule has 130 valence electrons. The Morgan fingerprint density at radius 1 is 1.33 bits per heavy atom. The molecule has 24 heavy (non-hydrogen) atoms. The van der Waals surface area contributed by atoms with Gasteiger partial charge < -0.3 is 9.64 Å². The molecule has 1 fully saturated rings. The number of amides is 1. The first-order valence-electron chi connectivity index (χ1n) is 8.21. The minimum atomic E-state index is -0.745. The van der Waals surface area contributed by atoms with Crippen LogP contribution in [0.3, 0.4) is 0 Å². The van der Waals surface area contributed by atoms with Gasteiger partial charge in [0.25, 0.3) is 5.91 Å². The number of esters is 1. The highest BCUT2D eigenvalue weighted by Crippen LogP contribution is 2.23. The van der Waals surface area contributed by atoms with E-state index >= 15 is 0 Å². The van der Waals surface area contributed by atoms with Crippen molar-refractivity contribution < 1.29 is 19.1 Å². The van der Waals surface area contributed by atoms with Crippen LogP contribution in [0.15, 0.2) is 24.5 Å². The largest absolute Gasteiger partial charge is 0.464 e. The third kappa shape index (κ3) is 4.40. The summed E-state index contributed by atoms with van der Waals surface area (Å²) in [6.07, 6.45) is 5.51. The summed E-state index contributed by atoms with van der Waals surface area (Å²) in [4.78, 5) is 41.6. The molecule has 0 radical (unpaired) electrons. The summed E-state index contributed by atoms with van der Waals surface area (Å²) in [6, 6.07) is 3.22. The van der Waals surface area contributed by atoms with Gasteiger partial charge in [0.1, 0.15) is 6.04 Å². The molecule has 6 nitrogen and oxygen atoms in total. The monoisotopic (exact) mass is 332 g/mol. The Morgan fingerprint density at radius 3 is 2.62 bits per heavy atom. The lowest BCUT2D eigenvalue weighted by atomic mass is 9.88. The average Bonchev–Trinajstić information content (AvgIpc) is 2.49. The molecule has 0 bridgehead atoms. The van der Waals surface area contributed by atoms with Crippen molar-refractivity contribution in [3.63, 3.8) is 0 Å². The molecule has 0 aliphatic carbocycles. The number of likely N-dealkylation sites (tertiary alicyclic amines) is 1. The van der Waals surface area contributed by atoms with E-state index in [9.17, 15) is 14.4 Å². The van der Waals surface area contributed by atoms with Gasteiger partial charge in [0.2, 0.25) is 5.78 Å². The van der Waals surface area contributed by atoms with Crippen molar-refractivity contribution in [2.75, 3.05) is 13.2 Å². The number of hydrogen-bond acceptors (Lipinski definition) is 5. The zero-order valence-electron chi connectivity index (χ0n) is 14.4. The minimum Gasteiger partial charge on any atom is -0.464 e. The van der Waals surface area contributed by atoms with Crippen molar-refractivity contribution in [1.82, 2.24) is 9.88 Å². The second-order valence-electron chi connectivity index (χ2n) is 7.01. The average molecular weight is 332 g/mol. The highest BCUT2D eigenvalue weighted by molar-refractivity contribution is 6.38. The molecule has 0 spiro atoms. The predicted molar refractivity (Wildman–Crippen MR) is 88.1 cm³/mol. The molecule has 0 N–H and O–H groups in total. The van der Waals surface area contributed by atoms with Crippen LogP contribution in [0.25, 0.3) is 0 Å². The van der Waals surface area contributed by atoms with Crippen LogP contribution in [0.1, 0.15) is 39.2 Å². The van der Waals surface area contributed by atoms with E-state index in [0.29, 0.717) is 26.0 Å². The number of aromatic nitrogens is 1. The van der Waals surface area contributed by atoms with Crippen LogP contribution >= 0.6 is 0 Å². The van der Waals surface area contributed by atoms with E-state index in [0.717, 1.165) is 12.0 Å². The standard InChI is InChI=1S/C18H24N2O4/c1-18(2,3)15(21)16(22)20-10-8-14(20)17(23)24-11-5-7-13-6-4-9-19-12-13/h4,6,9,12,14H,5,7-8,10-11H2,1-3H3/t14-/m0/s1. The van der Waals surface area contributed by atoms with Gasteiger partial charge in [-0.3, -0.25) is 14.6 Å². The van der Waals surface area contributed by atoms with Gasteiger partial charge >= 0.3 is 5.97 Å². The Bertz CT molecular complexity index is 607. The molecule has 1 saturated heterocycles. The van der Waals surface area contributed by atoms with Crippen molar-refractivity contribution in [3.05, 3.63) is 30.1 Å². The van der Waals surface area contributed by atoms with Crippen molar-refractivity contribution >= 4 is 17.7 Å². The molecular weight excluding hydrogens is 308 g/mol. The van der Waals surface area contributed by atoms with Gasteiger partial charge in [-0.2, -0.15) is 0 Å². The number of carbonyl (C=O) groups is 3. The first-order chi connectivity index (χ1) is 11.3. The van der Waals surface area contributed by atoms with Gasteiger partial charge in [0.05, 0.1) is 6.61 Å². The number of carbonyl (C=O) groups excluding carboxylic acids is 3. The fourth-order valence-corrected chi connectivity index (χ4v) is 2.42. The number of ether oxygens (including phenoxy) is 1. The second kappa shape index (κ2) is 7.55. The maximum atomic E-state index is 12.2. The Balaban J connectivity index is 1.76. The molecule has 1 aliphatic rings. The summed E-state index contributed by atoms with van der Waals surface area (Å²) in [5.41, 5.74) is 0.343. The Morgan fingerprint density at radius 2 is 2.08 bits per heavy atom. The predicted octanol–water partition coefficient (Wildman–Crippen LogP) is 1.77. The third-order valence-corrected chi connectivity index (χ3v) is 4.00. The minimum absolute atomic E-state index is 0.291. The van der Waals surface area contributed by atoms with Crippen LogP contribution in [0, 0.1) is 5.41 Å². The smallest absolute Gasteiger partial charge is 0.328 e. The Kier molecular flexibility index (Phi) is 5.70. The summed E-state index contributed by atoms with van der Waals surface area (Å²) in [5, 5.41) is 0. The number of hydrogen-bond donors (Lipinski definition) is 0. The quantitative estimate of drug-likeness (QED) is 0.451. The topological polar surface area (TPSA) is 76.6 Å². The molecule has 2 rings (SSSR count). The van der Waals surface area contributed by atoms with Crippen LogP contribution < -0.4 is 0 Å². The first kappa shape index (κ1) is 18.1.